The number of ether oxygens (including phenoxy) is 1. The van der Waals surface area contributed by atoms with Crippen LogP contribution in [0.15, 0.2) is 47.5 Å². The molecule has 136 valence electrons. The summed E-state index contributed by atoms with van der Waals surface area (Å²) in [5.41, 5.74) is 1.75. The average molecular weight is 381 g/mol. The van der Waals surface area contributed by atoms with Crippen molar-refractivity contribution in [3.8, 4) is 18.1 Å². The largest absolute Gasteiger partial charge is 0.484 e. The van der Waals surface area contributed by atoms with Crippen molar-refractivity contribution < 1.29 is 14.5 Å². The van der Waals surface area contributed by atoms with Gasteiger partial charge in [-0.1, -0.05) is 35.0 Å². The first-order valence-electron chi connectivity index (χ1n) is 7.96. The number of amides is 1. The zero-order valence-corrected chi connectivity index (χ0v) is 15.2. The van der Waals surface area contributed by atoms with Gasteiger partial charge >= 0.3 is 0 Å². The van der Waals surface area contributed by atoms with Gasteiger partial charge in [-0.05, 0) is 25.1 Å². The summed E-state index contributed by atoms with van der Waals surface area (Å²) in [6, 6.07) is 11.8. The lowest BCUT2D eigenvalue weighted by Gasteiger charge is -2.03. The van der Waals surface area contributed by atoms with Crippen molar-refractivity contribution in [3.05, 3.63) is 62.9 Å². The third-order valence-corrected chi connectivity index (χ3v) is 4.77. The number of benzene rings is 2. The van der Waals surface area contributed by atoms with E-state index < -0.39 is 10.8 Å². The SMILES string of the molecule is C#CCn1c(=NC(=O)COc2ccc(C)cc2)sc2cc([N+](=O)[O-])ccc21. The fraction of sp³-hybridized carbons (Fsp3) is 0.158. The van der Waals surface area contributed by atoms with E-state index in [0.717, 1.165) is 5.56 Å². The Labute approximate surface area is 158 Å². The van der Waals surface area contributed by atoms with Crippen LogP contribution >= 0.6 is 11.3 Å². The zero-order chi connectivity index (χ0) is 19.4. The molecule has 1 amide bonds. The number of non-ortho nitro benzene ring substituents is 1. The Kier molecular flexibility index (Phi) is 5.33. The van der Waals surface area contributed by atoms with Gasteiger partial charge in [0, 0.05) is 12.1 Å². The highest BCUT2D eigenvalue weighted by molar-refractivity contribution is 7.16. The molecule has 2 aromatic carbocycles. The number of aryl methyl sites for hydroxylation is 1. The maximum Gasteiger partial charge on any atom is 0.286 e. The third kappa shape index (κ3) is 4.22. The predicted octanol–water partition coefficient (Wildman–Crippen LogP) is 3.06. The number of thiazole rings is 1. The van der Waals surface area contributed by atoms with Gasteiger partial charge in [0.25, 0.3) is 11.6 Å². The zero-order valence-electron chi connectivity index (χ0n) is 14.4. The number of fused-ring (bicyclic) bond motifs is 1. The highest BCUT2D eigenvalue weighted by Crippen LogP contribution is 2.23. The normalized spacial score (nSPS) is 11.3. The predicted molar refractivity (Wildman–Crippen MR) is 103 cm³/mol. The molecule has 0 aliphatic heterocycles. The molecule has 7 nitrogen and oxygen atoms in total. The molecule has 0 spiro atoms. The van der Waals surface area contributed by atoms with Crippen LogP contribution in [-0.4, -0.2) is 22.0 Å². The minimum Gasteiger partial charge on any atom is -0.484 e. The van der Waals surface area contributed by atoms with Crippen LogP contribution in [0, 0.1) is 29.4 Å². The van der Waals surface area contributed by atoms with Gasteiger partial charge in [0.2, 0.25) is 0 Å². The molecule has 3 rings (SSSR count). The first kappa shape index (κ1) is 18.4. The Morgan fingerprint density at radius 3 is 2.74 bits per heavy atom. The van der Waals surface area contributed by atoms with Crippen LogP contribution in [0.1, 0.15) is 5.56 Å². The summed E-state index contributed by atoms with van der Waals surface area (Å²) in [6.07, 6.45) is 5.41. The first-order valence-corrected chi connectivity index (χ1v) is 8.78. The van der Waals surface area contributed by atoms with Gasteiger partial charge in [0.05, 0.1) is 21.7 Å². The Hall–Kier alpha value is -3.44. The summed E-state index contributed by atoms with van der Waals surface area (Å²) in [7, 11) is 0. The summed E-state index contributed by atoms with van der Waals surface area (Å²) in [5, 5.41) is 11.0. The van der Waals surface area contributed by atoms with Crippen LogP contribution in [0.2, 0.25) is 0 Å². The molecular weight excluding hydrogens is 366 g/mol. The van der Waals surface area contributed by atoms with Crippen molar-refractivity contribution >= 4 is 33.1 Å². The number of nitro benzene ring substituents is 1. The van der Waals surface area contributed by atoms with Crippen LogP contribution in [0.25, 0.3) is 10.2 Å². The summed E-state index contributed by atoms with van der Waals surface area (Å²) in [5.74, 6) is 2.62. The van der Waals surface area contributed by atoms with E-state index >= 15 is 0 Å². The Bertz CT molecular complexity index is 1120. The maximum absolute atomic E-state index is 12.2. The van der Waals surface area contributed by atoms with Crippen molar-refractivity contribution in [1.29, 1.82) is 0 Å². The van der Waals surface area contributed by atoms with E-state index in [-0.39, 0.29) is 18.8 Å². The van der Waals surface area contributed by atoms with E-state index in [1.165, 1.54) is 23.5 Å². The molecule has 0 N–H and O–H groups in total. The number of nitrogens with zero attached hydrogens (tertiary/aromatic N) is 3. The fourth-order valence-electron chi connectivity index (χ4n) is 2.42. The fourth-order valence-corrected chi connectivity index (χ4v) is 3.50. The number of terminal acetylenes is 1. The molecule has 0 radical (unpaired) electrons. The number of carbonyl (C=O) groups is 1. The summed E-state index contributed by atoms with van der Waals surface area (Å²) in [6.45, 7) is 1.94. The Morgan fingerprint density at radius 1 is 1.33 bits per heavy atom. The van der Waals surface area contributed by atoms with Crippen LogP contribution in [-0.2, 0) is 11.3 Å². The lowest BCUT2D eigenvalue weighted by molar-refractivity contribution is -0.384. The van der Waals surface area contributed by atoms with E-state index in [2.05, 4.69) is 10.9 Å². The second-order valence-corrected chi connectivity index (χ2v) is 6.70. The second-order valence-electron chi connectivity index (χ2n) is 5.69. The molecule has 0 saturated carbocycles. The standard InChI is InChI=1S/C19H15N3O4S/c1-3-10-21-16-9-6-14(22(24)25)11-17(16)27-19(21)20-18(23)12-26-15-7-4-13(2)5-8-15/h1,4-9,11H,10,12H2,2H3. The van der Waals surface area contributed by atoms with E-state index in [9.17, 15) is 14.9 Å². The summed E-state index contributed by atoms with van der Waals surface area (Å²) >= 11 is 1.17. The first-order chi connectivity index (χ1) is 13.0. The number of carbonyl (C=O) groups excluding carboxylic acids is 1. The molecule has 27 heavy (non-hydrogen) atoms. The quantitative estimate of drug-likeness (QED) is 0.386. The van der Waals surface area contributed by atoms with Gasteiger partial charge in [-0.15, -0.1) is 6.42 Å². The minimum absolute atomic E-state index is 0.0304. The number of aromatic nitrogens is 1. The number of rotatable bonds is 5. The molecule has 8 heteroatoms. The van der Waals surface area contributed by atoms with Gasteiger partial charge in [-0.25, -0.2) is 0 Å². The van der Waals surface area contributed by atoms with Crippen LogP contribution in [0.3, 0.4) is 0 Å². The monoisotopic (exact) mass is 381 g/mol. The van der Waals surface area contributed by atoms with E-state index in [1.807, 2.05) is 19.1 Å². The lowest BCUT2D eigenvalue weighted by Crippen LogP contribution is -2.19. The van der Waals surface area contributed by atoms with E-state index in [0.29, 0.717) is 20.8 Å². The highest BCUT2D eigenvalue weighted by Gasteiger charge is 2.12. The molecular formula is C19H15N3O4S. The van der Waals surface area contributed by atoms with Crippen LogP contribution < -0.4 is 9.54 Å². The molecule has 0 aliphatic carbocycles. The van der Waals surface area contributed by atoms with Crippen molar-refractivity contribution in [2.45, 2.75) is 13.5 Å². The minimum atomic E-state index is -0.470. The van der Waals surface area contributed by atoms with Crippen molar-refractivity contribution in [1.82, 2.24) is 4.57 Å². The summed E-state index contributed by atoms with van der Waals surface area (Å²) < 4.78 is 7.75. The van der Waals surface area contributed by atoms with Crippen LogP contribution in [0.5, 0.6) is 5.75 Å². The third-order valence-electron chi connectivity index (χ3n) is 3.73. The van der Waals surface area contributed by atoms with Gasteiger partial charge in [-0.3, -0.25) is 14.9 Å². The molecule has 0 atom stereocenters. The maximum atomic E-state index is 12.2. The average Bonchev–Trinajstić information content (AvgIpc) is 2.98. The number of hydrogen-bond acceptors (Lipinski definition) is 5. The molecule has 1 aromatic heterocycles. The lowest BCUT2D eigenvalue weighted by atomic mass is 10.2. The molecule has 1 heterocycles. The van der Waals surface area contributed by atoms with E-state index in [1.54, 1.807) is 22.8 Å². The number of nitro groups is 1. The second kappa shape index (κ2) is 7.85. The topological polar surface area (TPSA) is 86.7 Å². The highest BCUT2D eigenvalue weighted by atomic mass is 32.1. The van der Waals surface area contributed by atoms with E-state index in [4.69, 9.17) is 11.2 Å². The van der Waals surface area contributed by atoms with Gasteiger partial charge in [0.1, 0.15) is 5.75 Å². The smallest absolute Gasteiger partial charge is 0.286 e. The molecule has 0 unspecified atom stereocenters. The van der Waals surface area contributed by atoms with Crippen molar-refractivity contribution in [3.63, 3.8) is 0 Å². The van der Waals surface area contributed by atoms with Crippen LogP contribution in [0.4, 0.5) is 5.69 Å². The van der Waals surface area contributed by atoms with Gasteiger partial charge in [0.15, 0.2) is 11.4 Å². The van der Waals surface area contributed by atoms with Crippen molar-refractivity contribution in [2.24, 2.45) is 4.99 Å². The molecule has 0 aliphatic rings. The van der Waals surface area contributed by atoms with Gasteiger partial charge in [-0.2, -0.15) is 4.99 Å². The molecule has 3 aromatic rings. The van der Waals surface area contributed by atoms with Gasteiger partial charge < -0.3 is 9.30 Å². The molecule has 0 fully saturated rings. The van der Waals surface area contributed by atoms with Crippen molar-refractivity contribution in [2.75, 3.05) is 6.61 Å². The number of hydrogen-bond donors (Lipinski definition) is 0. The molecule has 0 saturated heterocycles. The summed E-state index contributed by atoms with van der Waals surface area (Å²) in [4.78, 5) is 27.1. The Morgan fingerprint density at radius 2 is 2.07 bits per heavy atom. The molecule has 0 bridgehead atoms. The Balaban J connectivity index is 1.90.